The van der Waals surface area contributed by atoms with Gasteiger partial charge in [0.1, 0.15) is 27.8 Å². The van der Waals surface area contributed by atoms with Gasteiger partial charge in [-0.3, -0.25) is 4.79 Å². The van der Waals surface area contributed by atoms with Crippen molar-refractivity contribution in [1.82, 2.24) is 8.61 Å². The van der Waals surface area contributed by atoms with Crippen molar-refractivity contribution >= 4 is 34.0 Å². The molecule has 0 radical (unpaired) electrons. The van der Waals surface area contributed by atoms with Gasteiger partial charge in [0.2, 0.25) is 0 Å². The molecule has 13 heteroatoms. The smallest absolute Gasteiger partial charge is 0.870 e. The minimum Gasteiger partial charge on any atom is -0.870 e. The Kier molecular flexibility index (Phi) is 17.9. The van der Waals surface area contributed by atoms with Gasteiger partial charge in [0.15, 0.2) is 0 Å². The molecule has 2 unspecified atom stereocenters. The zero-order chi connectivity index (χ0) is 24.9. The van der Waals surface area contributed by atoms with Crippen LogP contribution in [-0.4, -0.2) is 69.7 Å². The third-order valence-electron chi connectivity index (χ3n) is 7.18. The van der Waals surface area contributed by atoms with Gasteiger partial charge in [-0.2, -0.15) is 0 Å². The number of carbonyl (C=O) groups excluding carboxylic acids is 2. The topological polar surface area (TPSA) is 166 Å². The van der Waals surface area contributed by atoms with Crippen molar-refractivity contribution in [2.75, 3.05) is 0 Å². The molecular weight excluding hydrogens is 554 g/mol. The second-order valence-corrected chi connectivity index (χ2v) is 12.9. The van der Waals surface area contributed by atoms with Crippen molar-refractivity contribution < 1.29 is 72.2 Å². The zero-order valence-electron chi connectivity index (χ0n) is 23.6. The molecule has 2 saturated heterocycles. The Morgan fingerprint density at radius 3 is 1.46 bits per heavy atom. The van der Waals surface area contributed by atoms with Crippen LogP contribution < -0.4 is 37.7 Å². The zero-order valence-corrected chi connectivity index (χ0v) is 25.3. The van der Waals surface area contributed by atoms with Gasteiger partial charge in [0.25, 0.3) is 0 Å². The summed E-state index contributed by atoms with van der Waals surface area (Å²) in [5.41, 5.74) is 2.30. The summed E-state index contributed by atoms with van der Waals surface area (Å²) in [6, 6.07) is 15.4. The number of aryl methyl sites for hydroxylation is 2. The molecule has 2 aliphatic carbocycles. The Bertz CT molecular complexity index is 1180. The number of Topliss-reactive ketones (excluding diaryl/α,β-unsaturated/α-hetero) is 1. The number of nitrogens with zero attached hydrogens (tertiary/aromatic N) is 2. The average molecular weight is 594 g/mol. The van der Waals surface area contributed by atoms with E-state index in [9.17, 15) is 18.0 Å². The van der Waals surface area contributed by atoms with Crippen LogP contribution in [0.1, 0.15) is 51.2 Å². The molecular formula is C28H39Li2N2O7S2-. The van der Waals surface area contributed by atoms with Crippen molar-refractivity contribution in [3.05, 3.63) is 59.7 Å². The number of carbonyl (C=O) groups is 1. The van der Waals surface area contributed by atoms with Crippen LogP contribution in [0.2, 0.25) is 0 Å². The van der Waals surface area contributed by atoms with E-state index in [4.69, 9.17) is 0 Å². The molecule has 2 aliphatic heterocycles. The van der Waals surface area contributed by atoms with Crippen molar-refractivity contribution in [3.63, 3.8) is 0 Å². The molecule has 9 nitrogen and oxygen atoms in total. The van der Waals surface area contributed by atoms with Gasteiger partial charge in [-0.25, -0.2) is 23.3 Å². The number of rotatable bonds is 8. The first-order valence-corrected chi connectivity index (χ1v) is 14.4. The molecule has 4 aliphatic rings. The van der Waals surface area contributed by atoms with Crippen molar-refractivity contribution in [1.29, 1.82) is 0 Å². The first kappa shape index (κ1) is 42.2. The average Bonchev–Trinajstić information content (AvgIpc) is 3.69. The molecule has 2 saturated carbocycles. The maximum atomic E-state index is 12.5. The Morgan fingerprint density at radius 1 is 0.756 bits per heavy atom. The number of ketones is 1. The van der Waals surface area contributed by atoms with E-state index in [0.29, 0.717) is 11.8 Å². The molecule has 8 atom stereocenters. The summed E-state index contributed by atoms with van der Waals surface area (Å²) < 4.78 is 28.4. The number of benzene rings is 2. The van der Waals surface area contributed by atoms with Crippen LogP contribution in [0, 0.1) is 25.7 Å². The molecule has 0 amide bonds. The van der Waals surface area contributed by atoms with Crippen LogP contribution in [0.3, 0.4) is 0 Å². The van der Waals surface area contributed by atoms with Gasteiger partial charge in [-0.1, -0.05) is 48.9 Å². The standard InChI is InChI=1S/C14H17NO2S.C13H14NO2S.CH4.2Li.3H2O/c1-9-3-7-12(8-4-9)18(17)15-13(10(2)16)14(15)11-5-6-11;1-9-2-6-11(7-3-9)17(16)14-12(8-15)13(14)10-4-5-10;;;;;;/h3-4,7-8,11,13-14H,5-6H2,1-2H3;2-3,6-7,10,12-13H,4-5H2,1H3;1H4;;;3*1H2/q;-1;;2*+1;;;/p-2/t13-,14+,15?,18+;12-,13+,14?,17+;;;;;;/m00....../s1. The summed E-state index contributed by atoms with van der Waals surface area (Å²) in [7, 11) is -2.38. The fourth-order valence-corrected chi connectivity index (χ4v) is 7.77. The minimum absolute atomic E-state index is 0. The van der Waals surface area contributed by atoms with Gasteiger partial charge >= 0.3 is 37.7 Å². The van der Waals surface area contributed by atoms with Gasteiger partial charge in [-0.05, 0) is 82.6 Å². The van der Waals surface area contributed by atoms with Crippen LogP contribution in [0.15, 0.2) is 58.3 Å². The minimum atomic E-state index is -1.20. The SMILES string of the molecule is C.CC(=O)[C@H]1[C@@H](C2CC2)N1[S@](=O)c1ccc(C)cc1.Cc1ccc([S@@](=O)N2[C@H](C3CC3)[C@@H]2[C-]=O)cc1.O.[Li+].[Li+].[OH-].[OH-]. The van der Waals surface area contributed by atoms with Gasteiger partial charge < -0.3 is 21.2 Å². The van der Waals surface area contributed by atoms with E-state index in [1.165, 1.54) is 12.8 Å². The van der Waals surface area contributed by atoms with E-state index in [-0.39, 0.29) is 91.5 Å². The quantitative estimate of drug-likeness (QED) is 0.181. The van der Waals surface area contributed by atoms with Crippen LogP contribution in [0.4, 0.5) is 0 Å². The van der Waals surface area contributed by atoms with Crippen molar-refractivity contribution in [3.8, 4) is 0 Å². The summed E-state index contributed by atoms with van der Waals surface area (Å²) in [5.74, 6) is 1.30. The molecule has 2 aromatic rings. The first-order chi connectivity index (χ1) is 16.8. The van der Waals surface area contributed by atoms with Gasteiger partial charge in [0.05, 0.1) is 21.9 Å². The largest absolute Gasteiger partial charge is 1.00 e. The van der Waals surface area contributed by atoms with E-state index in [0.717, 1.165) is 33.8 Å². The Hall–Kier alpha value is -0.925. The monoisotopic (exact) mass is 593 g/mol. The molecule has 0 bridgehead atoms. The number of hydrogen-bond donors (Lipinski definition) is 0. The van der Waals surface area contributed by atoms with Crippen molar-refractivity contribution in [2.45, 2.75) is 87.8 Å². The fraction of sp³-hybridized carbons (Fsp3) is 0.500. The molecule has 0 aromatic heterocycles. The van der Waals surface area contributed by atoms with Crippen molar-refractivity contribution in [2.24, 2.45) is 11.8 Å². The Morgan fingerprint density at radius 2 is 1.12 bits per heavy atom. The van der Waals surface area contributed by atoms with E-state index >= 15 is 0 Å². The first-order valence-electron chi connectivity index (χ1n) is 12.2. The van der Waals surface area contributed by atoms with E-state index < -0.39 is 22.0 Å². The van der Waals surface area contributed by atoms with Gasteiger partial charge in [-0.15, -0.1) is 0 Å². The molecule has 2 heterocycles. The Labute approximate surface area is 272 Å². The third-order valence-corrected chi connectivity index (χ3v) is 10.2. The molecule has 4 fully saturated rings. The maximum absolute atomic E-state index is 12.5. The summed E-state index contributed by atoms with van der Waals surface area (Å²) in [5, 5.41) is 0. The molecule has 2 aromatic carbocycles. The Balaban J connectivity index is 0. The number of hydrogen-bond acceptors (Lipinski definition) is 6. The maximum Gasteiger partial charge on any atom is 1.00 e. The molecule has 41 heavy (non-hydrogen) atoms. The summed E-state index contributed by atoms with van der Waals surface area (Å²) in [4.78, 5) is 24.0. The molecule has 0 spiro atoms. The van der Waals surface area contributed by atoms with E-state index in [2.05, 4.69) is 0 Å². The molecule has 6 rings (SSSR count). The summed E-state index contributed by atoms with van der Waals surface area (Å²) in [6.45, 7) is 5.61. The van der Waals surface area contributed by atoms with Crippen LogP contribution in [0.5, 0.6) is 0 Å². The molecule has 4 N–H and O–H groups in total. The normalized spacial score (nSPS) is 27.8. The summed E-state index contributed by atoms with van der Waals surface area (Å²) in [6.07, 6.45) is 6.67. The fourth-order valence-electron chi connectivity index (χ4n) is 4.79. The third kappa shape index (κ3) is 9.53. The van der Waals surface area contributed by atoms with Crippen LogP contribution in [-0.2, 0) is 31.6 Å². The predicted molar refractivity (Wildman–Crippen MR) is 150 cm³/mol. The van der Waals surface area contributed by atoms with Gasteiger partial charge in [0, 0.05) is 6.04 Å². The second kappa shape index (κ2) is 17.4. The van der Waals surface area contributed by atoms with Crippen LogP contribution in [0.25, 0.3) is 0 Å². The summed E-state index contributed by atoms with van der Waals surface area (Å²) >= 11 is 0. The molecule has 218 valence electrons. The van der Waals surface area contributed by atoms with E-state index in [1.54, 1.807) is 11.2 Å². The predicted octanol–water partition coefficient (Wildman–Crippen LogP) is -2.87. The second-order valence-electron chi connectivity index (χ2n) is 10.1. The van der Waals surface area contributed by atoms with Crippen LogP contribution >= 0.6 is 0 Å². The van der Waals surface area contributed by atoms with E-state index in [1.807, 2.05) is 73.0 Å².